The number of ether oxygens (including phenoxy) is 2. The monoisotopic (exact) mass is 523 g/mol. The molecule has 0 unspecified atom stereocenters. The molecule has 0 saturated heterocycles. The summed E-state index contributed by atoms with van der Waals surface area (Å²) in [6.07, 6.45) is 1.36. The molecule has 174 valence electrons. The van der Waals surface area contributed by atoms with Crippen LogP contribution in [0.3, 0.4) is 0 Å². The molecule has 0 spiro atoms. The standard InChI is InChI=1S/C25H22BrN3O5/c1-16-5-3-4-6-21(16)25(32)34-22-12-9-19(26)13-18(22)14-28-29-23(30)15-27-24(31)17-7-10-20(33-2)11-8-17/h3-14H,15H2,1-2H3,(H,27,31)(H,29,30). The van der Waals surface area contributed by atoms with Crippen LogP contribution in [0.2, 0.25) is 0 Å². The highest BCUT2D eigenvalue weighted by Crippen LogP contribution is 2.23. The highest BCUT2D eigenvalue weighted by atomic mass is 79.9. The number of carbonyl (C=O) groups excluding carboxylic acids is 3. The van der Waals surface area contributed by atoms with Crippen molar-refractivity contribution in [1.82, 2.24) is 10.7 Å². The molecule has 34 heavy (non-hydrogen) atoms. The van der Waals surface area contributed by atoms with E-state index in [1.54, 1.807) is 54.6 Å². The van der Waals surface area contributed by atoms with Crippen molar-refractivity contribution in [2.45, 2.75) is 6.92 Å². The summed E-state index contributed by atoms with van der Waals surface area (Å²) in [6, 6.07) is 18.7. The Bertz CT molecular complexity index is 1230. The second kappa shape index (κ2) is 11.8. The van der Waals surface area contributed by atoms with Crippen LogP contribution in [0.5, 0.6) is 11.5 Å². The molecule has 0 saturated carbocycles. The van der Waals surface area contributed by atoms with Crippen LogP contribution in [-0.2, 0) is 4.79 Å². The van der Waals surface area contributed by atoms with Gasteiger partial charge in [0.05, 0.1) is 25.4 Å². The summed E-state index contributed by atoms with van der Waals surface area (Å²) < 4.78 is 11.3. The van der Waals surface area contributed by atoms with Crippen LogP contribution in [0.1, 0.15) is 31.8 Å². The third kappa shape index (κ3) is 6.76. The van der Waals surface area contributed by atoms with E-state index in [-0.39, 0.29) is 12.3 Å². The Morgan fingerprint density at radius 3 is 2.47 bits per heavy atom. The maximum absolute atomic E-state index is 12.6. The van der Waals surface area contributed by atoms with Gasteiger partial charge < -0.3 is 14.8 Å². The summed E-state index contributed by atoms with van der Waals surface area (Å²) in [5.41, 5.74) is 4.45. The highest BCUT2D eigenvalue weighted by Gasteiger charge is 2.14. The average Bonchev–Trinajstić information content (AvgIpc) is 2.84. The number of esters is 1. The van der Waals surface area contributed by atoms with E-state index in [1.165, 1.54) is 13.3 Å². The Morgan fingerprint density at radius 1 is 1.03 bits per heavy atom. The van der Waals surface area contributed by atoms with Gasteiger partial charge in [0.1, 0.15) is 11.5 Å². The van der Waals surface area contributed by atoms with Crippen LogP contribution >= 0.6 is 15.9 Å². The number of benzene rings is 3. The molecule has 0 bridgehead atoms. The molecule has 8 nitrogen and oxygen atoms in total. The minimum Gasteiger partial charge on any atom is -0.497 e. The van der Waals surface area contributed by atoms with E-state index in [0.29, 0.717) is 22.4 Å². The summed E-state index contributed by atoms with van der Waals surface area (Å²) in [6.45, 7) is 1.55. The quantitative estimate of drug-likeness (QED) is 0.202. The molecule has 9 heteroatoms. The predicted molar refractivity (Wildman–Crippen MR) is 131 cm³/mol. The van der Waals surface area contributed by atoms with Gasteiger partial charge in [-0.05, 0) is 61.0 Å². The maximum Gasteiger partial charge on any atom is 0.343 e. The lowest BCUT2D eigenvalue weighted by atomic mass is 10.1. The number of carbonyl (C=O) groups is 3. The van der Waals surface area contributed by atoms with Crippen LogP contribution in [0, 0.1) is 6.92 Å². The summed E-state index contributed by atoms with van der Waals surface area (Å²) in [4.78, 5) is 36.8. The lowest BCUT2D eigenvalue weighted by Gasteiger charge is -2.09. The molecule has 0 aliphatic rings. The van der Waals surface area contributed by atoms with Crippen molar-refractivity contribution in [1.29, 1.82) is 0 Å². The zero-order valence-corrected chi connectivity index (χ0v) is 20.1. The zero-order chi connectivity index (χ0) is 24.5. The van der Waals surface area contributed by atoms with Crippen molar-refractivity contribution in [2.24, 2.45) is 5.10 Å². The Hall–Kier alpha value is -3.98. The number of hydrazone groups is 1. The lowest BCUT2D eigenvalue weighted by Crippen LogP contribution is -2.34. The van der Waals surface area contributed by atoms with Crippen molar-refractivity contribution >= 4 is 39.9 Å². The van der Waals surface area contributed by atoms with Crippen LogP contribution < -0.4 is 20.2 Å². The molecule has 0 aliphatic carbocycles. The van der Waals surface area contributed by atoms with E-state index >= 15 is 0 Å². The van der Waals surface area contributed by atoms with Crippen LogP contribution in [0.25, 0.3) is 0 Å². The molecular weight excluding hydrogens is 502 g/mol. The van der Waals surface area contributed by atoms with Gasteiger partial charge in [-0.15, -0.1) is 0 Å². The highest BCUT2D eigenvalue weighted by molar-refractivity contribution is 9.10. The van der Waals surface area contributed by atoms with Crippen LogP contribution in [0.4, 0.5) is 0 Å². The minimum absolute atomic E-state index is 0.268. The molecule has 0 aromatic heterocycles. The van der Waals surface area contributed by atoms with E-state index in [2.05, 4.69) is 31.8 Å². The first kappa shape index (κ1) is 24.7. The number of nitrogens with one attached hydrogen (secondary N) is 2. The second-order valence-electron chi connectivity index (χ2n) is 7.09. The normalized spacial score (nSPS) is 10.6. The number of hydrogen-bond donors (Lipinski definition) is 2. The molecule has 0 radical (unpaired) electrons. The Labute approximate surface area is 205 Å². The summed E-state index contributed by atoms with van der Waals surface area (Å²) in [5, 5.41) is 6.42. The molecule has 2 amide bonds. The topological polar surface area (TPSA) is 106 Å². The van der Waals surface area contributed by atoms with Gasteiger partial charge in [0.25, 0.3) is 11.8 Å². The van der Waals surface area contributed by atoms with Gasteiger partial charge in [0, 0.05) is 15.6 Å². The van der Waals surface area contributed by atoms with Gasteiger partial charge in [-0.3, -0.25) is 9.59 Å². The van der Waals surface area contributed by atoms with E-state index in [4.69, 9.17) is 9.47 Å². The number of nitrogens with zero attached hydrogens (tertiary/aromatic N) is 1. The molecule has 2 N–H and O–H groups in total. The zero-order valence-electron chi connectivity index (χ0n) is 18.5. The lowest BCUT2D eigenvalue weighted by molar-refractivity contribution is -0.120. The van der Waals surface area contributed by atoms with Crippen molar-refractivity contribution in [3.05, 3.63) is 93.5 Å². The molecule has 0 aliphatic heterocycles. The smallest absolute Gasteiger partial charge is 0.343 e. The van der Waals surface area contributed by atoms with Crippen LogP contribution in [0.15, 0.2) is 76.3 Å². The van der Waals surface area contributed by atoms with Crippen LogP contribution in [-0.4, -0.2) is 37.7 Å². The van der Waals surface area contributed by atoms with Crippen molar-refractivity contribution in [3.63, 3.8) is 0 Å². The number of aryl methyl sites for hydroxylation is 1. The summed E-state index contributed by atoms with van der Waals surface area (Å²) in [5.74, 6) is -0.520. The van der Waals surface area contributed by atoms with E-state index in [9.17, 15) is 14.4 Å². The third-order valence-corrected chi connectivity index (χ3v) is 5.19. The van der Waals surface area contributed by atoms with E-state index in [1.807, 2.05) is 19.1 Å². The maximum atomic E-state index is 12.6. The van der Waals surface area contributed by atoms with Gasteiger partial charge in [0.15, 0.2) is 0 Å². The fourth-order valence-electron chi connectivity index (χ4n) is 2.89. The number of halogens is 1. The second-order valence-corrected chi connectivity index (χ2v) is 8.01. The molecule has 3 rings (SSSR count). The van der Waals surface area contributed by atoms with Crippen molar-refractivity contribution in [2.75, 3.05) is 13.7 Å². The Morgan fingerprint density at radius 2 is 1.76 bits per heavy atom. The predicted octanol–water partition coefficient (Wildman–Crippen LogP) is 3.87. The number of rotatable bonds is 8. The van der Waals surface area contributed by atoms with Crippen molar-refractivity contribution < 1.29 is 23.9 Å². The number of methoxy groups -OCH3 is 1. The molecule has 3 aromatic rings. The Kier molecular flexibility index (Phi) is 8.53. The molecule has 3 aromatic carbocycles. The summed E-state index contributed by atoms with van der Waals surface area (Å²) in [7, 11) is 1.53. The fraction of sp³-hybridized carbons (Fsp3) is 0.120. The average molecular weight is 524 g/mol. The van der Waals surface area contributed by atoms with Gasteiger partial charge in [0.2, 0.25) is 0 Å². The molecule has 0 atom stereocenters. The van der Waals surface area contributed by atoms with Gasteiger partial charge in [-0.2, -0.15) is 5.10 Å². The Balaban J connectivity index is 1.58. The van der Waals surface area contributed by atoms with Crippen molar-refractivity contribution in [3.8, 4) is 11.5 Å². The van der Waals surface area contributed by atoms with E-state index in [0.717, 1.165) is 10.0 Å². The molecule has 0 heterocycles. The first-order valence-corrected chi connectivity index (χ1v) is 11.0. The number of hydrogen-bond acceptors (Lipinski definition) is 6. The minimum atomic E-state index is -0.522. The van der Waals surface area contributed by atoms with Gasteiger partial charge in [-0.25, -0.2) is 10.2 Å². The fourth-order valence-corrected chi connectivity index (χ4v) is 3.27. The largest absolute Gasteiger partial charge is 0.497 e. The van der Waals surface area contributed by atoms with E-state index < -0.39 is 17.8 Å². The van der Waals surface area contributed by atoms with Gasteiger partial charge in [-0.1, -0.05) is 34.1 Å². The summed E-state index contributed by atoms with van der Waals surface area (Å²) >= 11 is 3.37. The number of amides is 2. The molecular formula is C25H22BrN3O5. The van der Waals surface area contributed by atoms with Gasteiger partial charge >= 0.3 is 5.97 Å². The first-order valence-electron chi connectivity index (χ1n) is 10.2. The third-order valence-electron chi connectivity index (χ3n) is 4.69. The SMILES string of the molecule is COc1ccc(C(=O)NCC(=O)NN=Cc2cc(Br)ccc2OC(=O)c2ccccc2C)cc1. The first-order chi connectivity index (χ1) is 16.4. The molecule has 0 fully saturated rings.